The highest BCUT2D eigenvalue weighted by Gasteiger charge is 1.92. The van der Waals surface area contributed by atoms with Crippen molar-refractivity contribution in [1.29, 1.82) is 0 Å². The van der Waals surface area contributed by atoms with Crippen LogP contribution in [0.1, 0.15) is 50.7 Å². The van der Waals surface area contributed by atoms with E-state index in [-0.39, 0.29) is 11.9 Å². The maximum Gasteiger partial charge on any atom is 0.330 e. The van der Waals surface area contributed by atoms with Gasteiger partial charge in [-0.05, 0) is 24.0 Å². The Morgan fingerprint density at radius 1 is 0.647 bits per heavy atom. The smallest absolute Gasteiger partial charge is 0.330 e. The molecule has 0 aliphatic carbocycles. The Morgan fingerprint density at radius 2 is 0.971 bits per heavy atom. The minimum Gasteiger partial charge on any atom is -0.463 e. The maximum atomic E-state index is 10.3. The molecule has 0 atom stereocenters. The molecule has 0 radical (unpaired) electrons. The van der Waals surface area contributed by atoms with Gasteiger partial charge in [-0.25, -0.2) is 9.59 Å². The minimum absolute atomic E-state index is 0.330. The lowest BCUT2D eigenvalue weighted by atomic mass is 10.2. The molecule has 0 spiro atoms. The molecular weight excluding hydrogens is 424 g/mol. The molecule has 2 aromatic rings. The van der Waals surface area contributed by atoms with Gasteiger partial charge in [-0.3, -0.25) is 0 Å². The SMILES string of the molecule is C=CC(=O)OCCCC.C=CC(=O)OCCCC.C=Cc1ccccc1.C=Cc1ccccc1. The van der Waals surface area contributed by atoms with E-state index in [0.29, 0.717) is 13.2 Å². The summed E-state index contributed by atoms with van der Waals surface area (Å²) < 4.78 is 9.35. The van der Waals surface area contributed by atoms with Crippen LogP contribution in [0.15, 0.2) is 99.1 Å². The van der Waals surface area contributed by atoms with Gasteiger partial charge in [0.2, 0.25) is 0 Å². The molecule has 0 N–H and O–H groups in total. The topological polar surface area (TPSA) is 52.6 Å². The number of rotatable bonds is 10. The van der Waals surface area contributed by atoms with Crippen LogP contribution in [0.4, 0.5) is 0 Å². The number of hydrogen-bond donors (Lipinski definition) is 0. The summed E-state index contributed by atoms with van der Waals surface area (Å²) in [5, 5.41) is 0. The average molecular weight is 465 g/mol. The standard InChI is InChI=1S/2C8H8.2C7H12O2/c2*1-2-8-6-4-3-5-7-8;2*1-3-5-6-9-7(8)4-2/h2*2-7H,1H2;2*4H,2-3,5-6H2,1H3. The van der Waals surface area contributed by atoms with E-state index in [2.05, 4.69) is 35.8 Å². The van der Waals surface area contributed by atoms with E-state index < -0.39 is 0 Å². The predicted octanol–water partition coefficient (Wildman–Crippen LogP) is 7.69. The van der Waals surface area contributed by atoms with Gasteiger partial charge in [0.05, 0.1) is 13.2 Å². The largest absolute Gasteiger partial charge is 0.463 e. The fourth-order valence-electron chi connectivity index (χ4n) is 1.93. The molecule has 184 valence electrons. The molecule has 0 aliphatic heterocycles. The lowest BCUT2D eigenvalue weighted by molar-refractivity contribution is -0.138. The second-order valence-corrected chi connectivity index (χ2v) is 6.68. The third-order valence-electron chi connectivity index (χ3n) is 3.89. The quantitative estimate of drug-likeness (QED) is 0.205. The third-order valence-corrected chi connectivity index (χ3v) is 3.89. The normalized spacial score (nSPS) is 8.53. The summed E-state index contributed by atoms with van der Waals surface area (Å²) in [6.45, 7) is 18.9. The van der Waals surface area contributed by atoms with E-state index in [1.165, 1.54) is 23.3 Å². The molecule has 2 rings (SSSR count). The first-order chi connectivity index (χ1) is 16.5. The summed E-state index contributed by atoms with van der Waals surface area (Å²) in [6.07, 6.45) is 9.97. The first-order valence-electron chi connectivity index (χ1n) is 11.4. The molecule has 4 heteroatoms. The summed E-state index contributed by atoms with van der Waals surface area (Å²) >= 11 is 0. The summed E-state index contributed by atoms with van der Waals surface area (Å²) in [5.41, 5.74) is 2.35. The van der Waals surface area contributed by atoms with Crippen LogP contribution in [-0.4, -0.2) is 25.2 Å². The first kappa shape index (κ1) is 32.5. The van der Waals surface area contributed by atoms with E-state index in [1.54, 1.807) is 0 Å². The number of ether oxygens (including phenoxy) is 2. The summed E-state index contributed by atoms with van der Waals surface area (Å²) in [5.74, 6) is -0.660. The van der Waals surface area contributed by atoms with Crippen molar-refractivity contribution in [2.24, 2.45) is 0 Å². The molecule has 0 aliphatic rings. The Labute approximate surface area is 206 Å². The zero-order chi connectivity index (χ0) is 25.9. The van der Waals surface area contributed by atoms with Gasteiger partial charge < -0.3 is 9.47 Å². The molecule has 0 aromatic heterocycles. The Balaban J connectivity index is 0. The zero-order valence-electron chi connectivity index (χ0n) is 20.8. The predicted molar refractivity (Wildman–Crippen MR) is 145 cm³/mol. The number of hydrogen-bond acceptors (Lipinski definition) is 4. The van der Waals surface area contributed by atoms with Crippen molar-refractivity contribution in [3.8, 4) is 0 Å². The lowest BCUT2D eigenvalue weighted by Crippen LogP contribution is -2.00. The Kier molecular flexibility index (Phi) is 24.5. The van der Waals surface area contributed by atoms with Gasteiger partial charge in [-0.2, -0.15) is 0 Å². The second kappa shape index (κ2) is 25.6. The van der Waals surface area contributed by atoms with Crippen LogP contribution in [0, 0.1) is 0 Å². The van der Waals surface area contributed by atoms with Crippen molar-refractivity contribution < 1.29 is 19.1 Å². The second-order valence-electron chi connectivity index (χ2n) is 6.68. The van der Waals surface area contributed by atoms with Crippen LogP contribution >= 0.6 is 0 Å². The summed E-state index contributed by atoms with van der Waals surface area (Å²) in [7, 11) is 0. The van der Waals surface area contributed by atoms with Gasteiger partial charge in [0.25, 0.3) is 0 Å². The zero-order valence-corrected chi connectivity index (χ0v) is 20.8. The highest BCUT2D eigenvalue weighted by molar-refractivity contribution is 5.81. The molecule has 0 unspecified atom stereocenters. The molecule has 0 saturated carbocycles. The molecule has 0 bridgehead atoms. The first-order valence-corrected chi connectivity index (χ1v) is 11.4. The fraction of sp³-hybridized carbons (Fsp3) is 0.267. The Bertz CT molecular complexity index is 726. The summed E-state index contributed by atoms with van der Waals surface area (Å²) in [4.78, 5) is 20.7. The minimum atomic E-state index is -0.330. The van der Waals surface area contributed by atoms with Crippen molar-refractivity contribution in [2.75, 3.05) is 13.2 Å². The van der Waals surface area contributed by atoms with Crippen LogP contribution in [0.25, 0.3) is 12.2 Å². The van der Waals surface area contributed by atoms with Crippen molar-refractivity contribution in [3.63, 3.8) is 0 Å². The summed E-state index contributed by atoms with van der Waals surface area (Å²) in [6, 6.07) is 20.1. The number of benzene rings is 2. The van der Waals surface area contributed by atoms with Crippen molar-refractivity contribution in [2.45, 2.75) is 39.5 Å². The van der Waals surface area contributed by atoms with E-state index in [4.69, 9.17) is 0 Å². The van der Waals surface area contributed by atoms with Gasteiger partial charge in [-0.15, -0.1) is 0 Å². The monoisotopic (exact) mass is 464 g/mol. The molecule has 34 heavy (non-hydrogen) atoms. The van der Waals surface area contributed by atoms with E-state index in [1.807, 2.05) is 86.7 Å². The van der Waals surface area contributed by atoms with Crippen molar-refractivity contribution >= 4 is 24.1 Å². The molecule has 2 aromatic carbocycles. The van der Waals surface area contributed by atoms with Crippen LogP contribution in [0.3, 0.4) is 0 Å². The van der Waals surface area contributed by atoms with Crippen LogP contribution in [-0.2, 0) is 19.1 Å². The third kappa shape index (κ3) is 23.0. The van der Waals surface area contributed by atoms with Gasteiger partial charge in [0.1, 0.15) is 0 Å². The molecular formula is C30H40O4. The molecule has 0 heterocycles. The maximum absolute atomic E-state index is 10.3. The molecule has 0 saturated heterocycles. The number of esters is 2. The van der Waals surface area contributed by atoms with E-state index in [9.17, 15) is 9.59 Å². The van der Waals surface area contributed by atoms with Crippen molar-refractivity contribution in [3.05, 3.63) is 110 Å². The van der Waals surface area contributed by atoms with E-state index >= 15 is 0 Å². The number of unbranched alkanes of at least 4 members (excludes halogenated alkanes) is 2. The molecule has 4 nitrogen and oxygen atoms in total. The fourth-order valence-corrected chi connectivity index (χ4v) is 1.93. The van der Waals surface area contributed by atoms with E-state index in [0.717, 1.165) is 25.7 Å². The molecule has 0 amide bonds. The Morgan fingerprint density at radius 3 is 1.18 bits per heavy atom. The number of carbonyl (C=O) groups excluding carboxylic acids is 2. The average Bonchev–Trinajstić information content (AvgIpc) is 2.90. The Hall–Kier alpha value is -3.66. The highest BCUT2D eigenvalue weighted by Crippen LogP contribution is 1.98. The van der Waals surface area contributed by atoms with Gasteiger partial charge in [0.15, 0.2) is 0 Å². The number of carbonyl (C=O) groups is 2. The van der Waals surface area contributed by atoms with Gasteiger partial charge in [0, 0.05) is 12.2 Å². The van der Waals surface area contributed by atoms with Crippen molar-refractivity contribution in [1.82, 2.24) is 0 Å². The van der Waals surface area contributed by atoms with Gasteiger partial charge in [-0.1, -0.05) is 126 Å². The van der Waals surface area contributed by atoms with Crippen LogP contribution in [0.2, 0.25) is 0 Å². The highest BCUT2D eigenvalue weighted by atomic mass is 16.5. The lowest BCUT2D eigenvalue weighted by Gasteiger charge is -1.97. The van der Waals surface area contributed by atoms with Gasteiger partial charge >= 0.3 is 11.9 Å². The van der Waals surface area contributed by atoms with Crippen LogP contribution < -0.4 is 0 Å². The van der Waals surface area contributed by atoms with Crippen LogP contribution in [0.5, 0.6) is 0 Å². The molecule has 0 fully saturated rings.